The van der Waals surface area contributed by atoms with E-state index >= 15 is 0 Å². The van der Waals surface area contributed by atoms with Gasteiger partial charge in [0, 0.05) is 0 Å². The molecule has 0 unspecified atom stereocenters. The lowest BCUT2D eigenvalue weighted by Gasteiger charge is -2.19. The maximum atomic E-state index is 5.29. The van der Waals surface area contributed by atoms with Crippen molar-refractivity contribution < 1.29 is 0 Å². The Labute approximate surface area is 91.2 Å². The molecule has 0 aromatic heterocycles. The Hall–Kier alpha value is -1.51. The van der Waals surface area contributed by atoms with E-state index in [1.54, 1.807) is 0 Å². The minimum atomic E-state index is 0.135. The summed E-state index contributed by atoms with van der Waals surface area (Å²) in [5.41, 5.74) is 13.2. The molecule has 3 nitrogen and oxygen atoms in total. The van der Waals surface area contributed by atoms with E-state index in [0.29, 0.717) is 6.54 Å². The first-order chi connectivity index (χ1) is 6.89. The second-order valence-electron chi connectivity index (χ2n) is 4.69. The van der Waals surface area contributed by atoms with E-state index in [1.165, 1.54) is 5.56 Å². The van der Waals surface area contributed by atoms with E-state index < -0.39 is 0 Å². The molecule has 0 aliphatic heterocycles. The average Bonchev–Trinajstić information content (AvgIpc) is 2.14. The van der Waals surface area contributed by atoms with Gasteiger partial charge >= 0.3 is 0 Å². The molecule has 0 radical (unpaired) electrons. The van der Waals surface area contributed by atoms with Crippen LogP contribution in [-0.2, 0) is 12.0 Å². The van der Waals surface area contributed by atoms with Gasteiger partial charge < -0.3 is 11.5 Å². The van der Waals surface area contributed by atoms with Crippen molar-refractivity contribution in [3.63, 3.8) is 0 Å². The monoisotopic (exact) mass is 205 g/mol. The number of nitrogens with zero attached hydrogens (tertiary/aromatic N) is 1. The fraction of sp³-hybridized carbons (Fsp3) is 0.417. The van der Waals surface area contributed by atoms with Crippen molar-refractivity contribution in [1.29, 1.82) is 0 Å². The molecule has 0 spiro atoms. The zero-order valence-corrected chi connectivity index (χ0v) is 9.62. The predicted molar refractivity (Wildman–Crippen MR) is 64.7 cm³/mol. The van der Waals surface area contributed by atoms with Gasteiger partial charge in [-0.25, -0.2) is 4.99 Å². The summed E-state index contributed by atoms with van der Waals surface area (Å²) < 4.78 is 0. The van der Waals surface area contributed by atoms with Crippen LogP contribution in [-0.4, -0.2) is 5.96 Å². The molecule has 0 amide bonds. The summed E-state index contributed by atoms with van der Waals surface area (Å²) in [7, 11) is 0. The number of hydrogen-bond acceptors (Lipinski definition) is 1. The molecule has 3 heteroatoms. The lowest BCUT2D eigenvalue weighted by atomic mass is 9.86. The highest BCUT2D eigenvalue weighted by Crippen LogP contribution is 2.22. The number of aliphatic imine (C=N–C) groups is 1. The Kier molecular flexibility index (Phi) is 3.35. The molecule has 1 aromatic carbocycles. The zero-order valence-electron chi connectivity index (χ0n) is 9.62. The number of rotatable bonds is 2. The average molecular weight is 205 g/mol. The summed E-state index contributed by atoms with van der Waals surface area (Å²) in [5.74, 6) is 0.135. The van der Waals surface area contributed by atoms with Crippen molar-refractivity contribution in [3.05, 3.63) is 35.4 Å². The van der Waals surface area contributed by atoms with Crippen LogP contribution >= 0.6 is 0 Å². The van der Waals surface area contributed by atoms with Gasteiger partial charge in [-0.2, -0.15) is 0 Å². The Morgan fingerprint density at radius 2 is 1.93 bits per heavy atom. The van der Waals surface area contributed by atoms with Gasteiger partial charge in [-0.05, 0) is 16.5 Å². The molecule has 0 heterocycles. The summed E-state index contributed by atoms with van der Waals surface area (Å²) in [5, 5.41) is 0. The topological polar surface area (TPSA) is 64.4 Å². The number of nitrogens with two attached hydrogens (primary N) is 2. The van der Waals surface area contributed by atoms with E-state index in [-0.39, 0.29) is 11.4 Å². The van der Waals surface area contributed by atoms with Gasteiger partial charge in [0.15, 0.2) is 5.96 Å². The smallest absolute Gasteiger partial charge is 0.186 e. The van der Waals surface area contributed by atoms with Crippen LogP contribution in [0.15, 0.2) is 29.3 Å². The minimum Gasteiger partial charge on any atom is -0.370 e. The second-order valence-corrected chi connectivity index (χ2v) is 4.69. The lowest BCUT2D eigenvalue weighted by molar-refractivity contribution is 0.589. The molecule has 0 fully saturated rings. The molecular formula is C12H19N3. The number of guanidine groups is 1. The van der Waals surface area contributed by atoms with Crippen LogP contribution in [0.3, 0.4) is 0 Å². The van der Waals surface area contributed by atoms with E-state index in [4.69, 9.17) is 11.5 Å². The summed E-state index contributed by atoms with van der Waals surface area (Å²) in [6, 6.07) is 8.34. The van der Waals surface area contributed by atoms with Crippen molar-refractivity contribution in [2.75, 3.05) is 0 Å². The molecule has 0 saturated carbocycles. The molecule has 1 aromatic rings. The first kappa shape index (κ1) is 11.6. The van der Waals surface area contributed by atoms with Crippen LogP contribution in [0.25, 0.3) is 0 Å². The Bertz CT molecular complexity index is 357. The highest BCUT2D eigenvalue weighted by Gasteiger charge is 2.13. The second kappa shape index (κ2) is 4.34. The normalized spacial score (nSPS) is 11.1. The molecule has 0 atom stereocenters. The standard InChI is InChI=1S/C12H19N3/c1-12(2,3)10-6-4-5-9(7-10)8-15-11(13)14/h4-7H,8H2,1-3H3,(H4,13,14,15). The van der Waals surface area contributed by atoms with Gasteiger partial charge in [-0.15, -0.1) is 0 Å². The van der Waals surface area contributed by atoms with Crippen molar-refractivity contribution in [1.82, 2.24) is 0 Å². The van der Waals surface area contributed by atoms with Gasteiger partial charge in [0.2, 0.25) is 0 Å². The van der Waals surface area contributed by atoms with Crippen LogP contribution in [0, 0.1) is 0 Å². The third-order valence-corrected chi connectivity index (χ3v) is 2.24. The van der Waals surface area contributed by atoms with Crippen LogP contribution in [0.2, 0.25) is 0 Å². The zero-order chi connectivity index (χ0) is 11.5. The fourth-order valence-corrected chi connectivity index (χ4v) is 1.32. The van der Waals surface area contributed by atoms with E-state index in [9.17, 15) is 0 Å². The molecule has 1 rings (SSSR count). The molecule has 0 aliphatic carbocycles. The van der Waals surface area contributed by atoms with Gasteiger partial charge in [0.1, 0.15) is 0 Å². The van der Waals surface area contributed by atoms with Crippen molar-refractivity contribution >= 4 is 5.96 Å². The molecule has 0 aliphatic rings. The number of benzene rings is 1. The highest BCUT2D eigenvalue weighted by molar-refractivity contribution is 5.75. The SMILES string of the molecule is CC(C)(C)c1cccc(CN=C(N)N)c1. The molecule has 0 bridgehead atoms. The summed E-state index contributed by atoms with van der Waals surface area (Å²) in [4.78, 5) is 3.99. The van der Waals surface area contributed by atoms with E-state index in [2.05, 4.69) is 37.9 Å². The fourth-order valence-electron chi connectivity index (χ4n) is 1.32. The maximum absolute atomic E-state index is 5.29. The molecule has 0 saturated heterocycles. The van der Waals surface area contributed by atoms with Gasteiger partial charge in [-0.1, -0.05) is 45.0 Å². The van der Waals surface area contributed by atoms with Crippen molar-refractivity contribution in [2.24, 2.45) is 16.5 Å². The first-order valence-corrected chi connectivity index (χ1v) is 5.04. The quantitative estimate of drug-likeness (QED) is 0.570. The Morgan fingerprint density at radius 1 is 1.27 bits per heavy atom. The summed E-state index contributed by atoms with van der Waals surface area (Å²) in [6.07, 6.45) is 0. The third kappa shape index (κ3) is 3.62. The van der Waals surface area contributed by atoms with E-state index in [1.807, 2.05) is 12.1 Å². The number of hydrogen-bond donors (Lipinski definition) is 2. The van der Waals surface area contributed by atoms with Crippen molar-refractivity contribution in [3.8, 4) is 0 Å². The molecule has 15 heavy (non-hydrogen) atoms. The molecule has 82 valence electrons. The minimum absolute atomic E-state index is 0.135. The summed E-state index contributed by atoms with van der Waals surface area (Å²) in [6.45, 7) is 7.11. The van der Waals surface area contributed by atoms with Crippen LogP contribution in [0.1, 0.15) is 31.9 Å². The van der Waals surface area contributed by atoms with E-state index in [0.717, 1.165) is 5.56 Å². The van der Waals surface area contributed by atoms with Gasteiger partial charge in [0.05, 0.1) is 6.54 Å². The maximum Gasteiger partial charge on any atom is 0.186 e. The van der Waals surface area contributed by atoms with Crippen molar-refractivity contribution in [2.45, 2.75) is 32.7 Å². The Morgan fingerprint density at radius 3 is 2.47 bits per heavy atom. The summed E-state index contributed by atoms with van der Waals surface area (Å²) >= 11 is 0. The molecule has 4 N–H and O–H groups in total. The van der Waals surface area contributed by atoms with Crippen LogP contribution in [0.5, 0.6) is 0 Å². The Balaban J connectivity index is 2.89. The van der Waals surface area contributed by atoms with Gasteiger partial charge in [-0.3, -0.25) is 0 Å². The highest BCUT2D eigenvalue weighted by atomic mass is 15.0. The van der Waals surface area contributed by atoms with Gasteiger partial charge in [0.25, 0.3) is 0 Å². The first-order valence-electron chi connectivity index (χ1n) is 5.04. The van der Waals surface area contributed by atoms with Crippen LogP contribution < -0.4 is 11.5 Å². The lowest BCUT2D eigenvalue weighted by Crippen LogP contribution is -2.22. The largest absolute Gasteiger partial charge is 0.370 e. The van der Waals surface area contributed by atoms with Crippen LogP contribution in [0.4, 0.5) is 0 Å². The molecular weight excluding hydrogens is 186 g/mol. The predicted octanol–water partition coefficient (Wildman–Crippen LogP) is 1.76. The third-order valence-electron chi connectivity index (χ3n) is 2.24.